The van der Waals surface area contributed by atoms with Gasteiger partial charge in [-0.25, -0.2) is 4.98 Å². The summed E-state index contributed by atoms with van der Waals surface area (Å²) in [5.74, 6) is 0.843. The molecule has 0 aliphatic rings. The lowest BCUT2D eigenvalue weighted by molar-refractivity contribution is 1.15. The molecule has 4 heteroatoms. The number of fused-ring (bicyclic) bond motifs is 3. The molecule has 1 N–H and O–H groups in total. The molecule has 2 aromatic carbocycles. The molecule has 0 atom stereocenters. The van der Waals surface area contributed by atoms with Gasteiger partial charge in [-0.15, -0.1) is 0 Å². The second-order valence-corrected chi connectivity index (χ2v) is 5.04. The van der Waals surface area contributed by atoms with Crippen molar-refractivity contribution in [2.45, 2.75) is 6.92 Å². The Kier molecular flexibility index (Phi) is 2.44. The smallest absolute Gasteiger partial charge is 0.258 e. The highest BCUT2D eigenvalue weighted by Crippen LogP contribution is 2.24. The van der Waals surface area contributed by atoms with Gasteiger partial charge in [0.05, 0.1) is 16.6 Å². The molecular weight excluding hydrogens is 262 g/mol. The molecule has 102 valence electrons. The summed E-state index contributed by atoms with van der Waals surface area (Å²) in [5.41, 5.74) is 3.38. The van der Waals surface area contributed by atoms with Gasteiger partial charge in [0, 0.05) is 5.56 Å². The molecule has 0 unspecified atom stereocenters. The Morgan fingerprint density at radius 3 is 2.52 bits per heavy atom. The Morgan fingerprint density at radius 2 is 1.71 bits per heavy atom. The Balaban J connectivity index is 2.24. The molecule has 4 rings (SSSR count). The van der Waals surface area contributed by atoms with Crippen LogP contribution in [-0.4, -0.2) is 14.4 Å². The Hall–Kier alpha value is -2.88. The van der Waals surface area contributed by atoms with Crippen LogP contribution in [0.2, 0.25) is 0 Å². The van der Waals surface area contributed by atoms with Gasteiger partial charge in [0.25, 0.3) is 5.56 Å². The zero-order valence-electron chi connectivity index (χ0n) is 11.5. The van der Waals surface area contributed by atoms with Gasteiger partial charge in [0.2, 0.25) is 0 Å². The highest BCUT2D eigenvalue weighted by molar-refractivity contribution is 5.83. The summed E-state index contributed by atoms with van der Waals surface area (Å²) in [6, 6.07) is 17.6. The summed E-state index contributed by atoms with van der Waals surface area (Å²) in [6.07, 6.45) is 0. The average molecular weight is 275 g/mol. The molecule has 0 saturated carbocycles. The number of nitrogens with zero attached hydrogens (tertiary/aromatic N) is 2. The second kappa shape index (κ2) is 4.31. The van der Waals surface area contributed by atoms with Crippen LogP contribution >= 0.6 is 0 Å². The van der Waals surface area contributed by atoms with E-state index in [4.69, 9.17) is 0 Å². The van der Waals surface area contributed by atoms with E-state index in [-0.39, 0.29) is 5.56 Å². The summed E-state index contributed by atoms with van der Waals surface area (Å²) < 4.78 is 2.02. The lowest BCUT2D eigenvalue weighted by atomic mass is 10.2. The molecule has 0 aliphatic carbocycles. The van der Waals surface area contributed by atoms with Crippen LogP contribution in [0.25, 0.3) is 27.9 Å². The first-order chi connectivity index (χ1) is 10.3. The van der Waals surface area contributed by atoms with E-state index in [0.29, 0.717) is 5.39 Å². The maximum absolute atomic E-state index is 12.2. The molecule has 0 bridgehead atoms. The van der Waals surface area contributed by atoms with Crippen LogP contribution < -0.4 is 5.56 Å². The molecule has 2 aromatic heterocycles. The van der Waals surface area contributed by atoms with Gasteiger partial charge in [-0.2, -0.15) is 0 Å². The van der Waals surface area contributed by atoms with Crippen molar-refractivity contribution in [1.82, 2.24) is 14.4 Å². The molecule has 0 spiro atoms. The van der Waals surface area contributed by atoms with Crippen LogP contribution in [0.1, 0.15) is 5.69 Å². The van der Waals surface area contributed by atoms with Crippen molar-refractivity contribution in [2.24, 2.45) is 0 Å². The summed E-state index contributed by atoms with van der Waals surface area (Å²) in [6.45, 7) is 1.91. The number of imidazole rings is 1. The van der Waals surface area contributed by atoms with E-state index in [1.807, 2.05) is 65.9 Å². The first-order valence-corrected chi connectivity index (χ1v) is 6.81. The van der Waals surface area contributed by atoms with Gasteiger partial charge in [-0.1, -0.05) is 42.5 Å². The van der Waals surface area contributed by atoms with E-state index in [9.17, 15) is 4.79 Å². The molecule has 0 saturated heterocycles. The minimum atomic E-state index is -0.0827. The normalized spacial score (nSPS) is 11.3. The molecular formula is C17H13N3O. The maximum Gasteiger partial charge on any atom is 0.258 e. The van der Waals surface area contributed by atoms with Crippen LogP contribution in [0.3, 0.4) is 0 Å². The zero-order valence-corrected chi connectivity index (χ0v) is 11.5. The van der Waals surface area contributed by atoms with E-state index >= 15 is 0 Å². The van der Waals surface area contributed by atoms with Gasteiger partial charge in [0.15, 0.2) is 0 Å². The Morgan fingerprint density at radius 1 is 1.00 bits per heavy atom. The molecule has 0 aliphatic heterocycles. The van der Waals surface area contributed by atoms with Crippen LogP contribution in [0.5, 0.6) is 0 Å². The molecule has 0 fully saturated rings. The summed E-state index contributed by atoms with van der Waals surface area (Å²) in [5, 5.41) is 0.666. The van der Waals surface area contributed by atoms with Gasteiger partial charge in [-0.05, 0) is 19.1 Å². The predicted octanol–water partition coefficient (Wildman–Crippen LogP) is 3.15. The van der Waals surface area contributed by atoms with Crippen LogP contribution in [0.4, 0.5) is 0 Å². The topological polar surface area (TPSA) is 50.2 Å². The number of nitrogens with one attached hydrogen (secondary N) is 1. The first kappa shape index (κ1) is 11.9. The number of aromatic amines is 1. The minimum Gasteiger partial charge on any atom is -0.306 e. The second-order valence-electron chi connectivity index (χ2n) is 5.04. The molecule has 4 nitrogen and oxygen atoms in total. The number of aromatic nitrogens is 3. The number of aryl methyl sites for hydroxylation is 1. The molecule has 21 heavy (non-hydrogen) atoms. The fraction of sp³-hybridized carbons (Fsp3) is 0.0588. The van der Waals surface area contributed by atoms with E-state index < -0.39 is 0 Å². The average Bonchev–Trinajstić information content (AvgIpc) is 2.86. The fourth-order valence-electron chi connectivity index (χ4n) is 2.73. The lowest BCUT2D eigenvalue weighted by Crippen LogP contribution is -2.10. The third-order valence-electron chi connectivity index (χ3n) is 3.71. The van der Waals surface area contributed by atoms with Crippen molar-refractivity contribution in [3.05, 3.63) is 70.6 Å². The molecule has 0 radical (unpaired) electrons. The van der Waals surface area contributed by atoms with Gasteiger partial charge in [0.1, 0.15) is 11.5 Å². The highest BCUT2D eigenvalue weighted by atomic mass is 16.1. The zero-order chi connectivity index (χ0) is 14.4. The lowest BCUT2D eigenvalue weighted by Gasteiger charge is -2.05. The van der Waals surface area contributed by atoms with Crippen molar-refractivity contribution in [1.29, 1.82) is 0 Å². The number of benzene rings is 2. The minimum absolute atomic E-state index is 0.0827. The SMILES string of the molecule is Cc1nc(-c2ccccc2)n2c1[nH]c(=O)c1ccccc12. The van der Waals surface area contributed by atoms with Crippen molar-refractivity contribution in [2.75, 3.05) is 0 Å². The number of rotatable bonds is 1. The van der Waals surface area contributed by atoms with Gasteiger partial charge in [-0.3, -0.25) is 9.20 Å². The molecule has 4 aromatic rings. The number of H-pyrrole nitrogens is 1. The van der Waals surface area contributed by atoms with Crippen molar-refractivity contribution in [3.8, 4) is 11.4 Å². The third kappa shape index (κ3) is 1.69. The molecule has 0 amide bonds. The van der Waals surface area contributed by atoms with Gasteiger partial charge < -0.3 is 4.98 Å². The Labute approximate surface area is 120 Å². The van der Waals surface area contributed by atoms with E-state index in [1.165, 1.54) is 0 Å². The standard InChI is InChI=1S/C17H13N3O/c1-11-15-19-17(21)13-9-5-6-10-14(13)20(15)16(18-11)12-7-3-2-4-8-12/h2-10H,1H3,(H,19,21). The van der Waals surface area contributed by atoms with Crippen molar-refractivity contribution < 1.29 is 0 Å². The maximum atomic E-state index is 12.2. The summed E-state index contributed by atoms with van der Waals surface area (Å²) in [7, 11) is 0. The number of hydrogen-bond acceptors (Lipinski definition) is 2. The van der Waals surface area contributed by atoms with Crippen LogP contribution in [0.15, 0.2) is 59.4 Å². The van der Waals surface area contributed by atoms with Crippen molar-refractivity contribution >= 4 is 16.6 Å². The quantitative estimate of drug-likeness (QED) is 0.580. The predicted molar refractivity (Wildman–Crippen MR) is 83.5 cm³/mol. The van der Waals surface area contributed by atoms with E-state index in [2.05, 4.69) is 9.97 Å². The largest absolute Gasteiger partial charge is 0.306 e. The third-order valence-corrected chi connectivity index (χ3v) is 3.71. The van der Waals surface area contributed by atoms with Crippen LogP contribution in [0, 0.1) is 6.92 Å². The summed E-state index contributed by atoms with van der Waals surface area (Å²) in [4.78, 5) is 19.8. The van der Waals surface area contributed by atoms with Crippen LogP contribution in [-0.2, 0) is 0 Å². The van der Waals surface area contributed by atoms with Crippen molar-refractivity contribution in [3.63, 3.8) is 0 Å². The Bertz CT molecular complexity index is 1010. The number of para-hydroxylation sites is 1. The van der Waals surface area contributed by atoms with E-state index in [1.54, 1.807) is 0 Å². The first-order valence-electron chi connectivity index (χ1n) is 6.81. The van der Waals surface area contributed by atoms with Gasteiger partial charge >= 0.3 is 0 Å². The number of hydrogen-bond donors (Lipinski definition) is 1. The summed E-state index contributed by atoms with van der Waals surface area (Å²) >= 11 is 0. The van der Waals surface area contributed by atoms with E-state index in [0.717, 1.165) is 28.2 Å². The fourth-order valence-corrected chi connectivity index (χ4v) is 2.73. The molecule has 2 heterocycles. The monoisotopic (exact) mass is 275 g/mol. The highest BCUT2D eigenvalue weighted by Gasteiger charge is 2.14.